The predicted molar refractivity (Wildman–Crippen MR) is 248 cm³/mol. The Hall–Kier alpha value is -6.53. The van der Waals surface area contributed by atoms with Crippen LogP contribution in [0.2, 0.25) is 0 Å². The van der Waals surface area contributed by atoms with Gasteiger partial charge in [-0.1, -0.05) is 72.8 Å². The van der Waals surface area contributed by atoms with Crippen molar-refractivity contribution in [2.75, 3.05) is 17.2 Å². The number of H-pyrrole nitrogens is 2. The number of nitrogens with one attached hydrogen (secondary N) is 5. The molecule has 0 spiro atoms. The summed E-state index contributed by atoms with van der Waals surface area (Å²) in [7, 11) is -7.72. The van der Waals surface area contributed by atoms with E-state index in [0.717, 1.165) is 16.5 Å². The Morgan fingerprint density at radius 3 is 1.62 bits per heavy atom. The molecule has 0 radical (unpaired) electrons. The number of benzene rings is 6. The van der Waals surface area contributed by atoms with E-state index < -0.39 is 43.3 Å². The smallest absolute Gasteiger partial charge is 0.408 e. The van der Waals surface area contributed by atoms with E-state index >= 15 is 0 Å². The van der Waals surface area contributed by atoms with Gasteiger partial charge in [-0.25, -0.2) is 21.6 Å². The molecule has 2 heterocycles. The van der Waals surface area contributed by atoms with Gasteiger partial charge in [-0.2, -0.15) is 10.2 Å². The number of fused-ring (bicyclic) bond motifs is 4. The van der Waals surface area contributed by atoms with E-state index in [2.05, 4.69) is 36.3 Å². The third-order valence-corrected chi connectivity index (χ3v) is 13.2. The van der Waals surface area contributed by atoms with Crippen molar-refractivity contribution in [3.63, 3.8) is 0 Å². The predicted octanol–water partition coefficient (Wildman–Crippen LogP) is 8.13. The lowest BCUT2D eigenvalue weighted by Crippen LogP contribution is -2.43. The number of aromatic nitrogens is 4. The molecular weight excluding hydrogens is 864 g/mol. The highest BCUT2D eigenvalue weighted by Gasteiger charge is 2.27. The number of hydrogen-bond donors (Lipinski definition) is 6. The zero-order chi connectivity index (χ0) is 44.4. The lowest BCUT2D eigenvalue weighted by Gasteiger charge is -2.21. The van der Waals surface area contributed by atoms with E-state index in [0.29, 0.717) is 44.8 Å². The molecule has 2 unspecified atom stereocenters. The molecule has 0 saturated carbocycles. The Bertz CT molecular complexity index is 3190. The number of aromatic amines is 2. The van der Waals surface area contributed by atoms with Gasteiger partial charge in [0.25, 0.3) is 0 Å². The number of ether oxygens (including phenoxy) is 1. The first-order valence-electron chi connectivity index (χ1n) is 19.6. The van der Waals surface area contributed by atoms with Crippen LogP contribution in [0.15, 0.2) is 141 Å². The Morgan fingerprint density at radius 1 is 0.667 bits per heavy atom. The third kappa shape index (κ3) is 10.1. The molecule has 6 aromatic carbocycles. The molecule has 2 atom stereocenters. The van der Waals surface area contributed by atoms with E-state index in [9.17, 15) is 26.4 Å². The minimum absolute atomic E-state index is 0. The fraction of sp³-hybridized carbons (Fsp3) is 0.200. The molecule has 0 saturated heterocycles. The molecule has 63 heavy (non-hydrogen) atoms. The van der Waals surface area contributed by atoms with Gasteiger partial charge in [-0.05, 0) is 93.9 Å². The van der Waals surface area contributed by atoms with Gasteiger partial charge in [-0.15, -0.1) is 12.4 Å². The first-order chi connectivity index (χ1) is 29.4. The van der Waals surface area contributed by atoms with E-state index in [-0.39, 0.29) is 38.3 Å². The molecule has 18 heteroatoms. The van der Waals surface area contributed by atoms with Gasteiger partial charge in [0.05, 0.1) is 20.8 Å². The summed E-state index contributed by atoms with van der Waals surface area (Å²) < 4.78 is 59.1. The summed E-state index contributed by atoms with van der Waals surface area (Å²) in [5.41, 5.74) is 7.28. The maximum atomic E-state index is 13.6. The second-order valence-electron chi connectivity index (χ2n) is 15.7. The Balaban J connectivity index is 0.000000213. The van der Waals surface area contributed by atoms with Crippen molar-refractivity contribution in [1.29, 1.82) is 0 Å². The van der Waals surface area contributed by atoms with Crippen LogP contribution in [0, 0.1) is 0 Å². The van der Waals surface area contributed by atoms with Crippen molar-refractivity contribution >= 4 is 98.8 Å². The topological polar surface area (TPSA) is 231 Å². The van der Waals surface area contributed by atoms with Crippen LogP contribution in [0.5, 0.6) is 0 Å². The number of carbonyl (C=O) groups excluding carboxylic acids is 2. The highest BCUT2D eigenvalue weighted by atomic mass is 35.5. The van der Waals surface area contributed by atoms with E-state index in [4.69, 9.17) is 10.5 Å². The minimum Gasteiger partial charge on any atom is -0.444 e. The number of nitrogens with zero attached hydrogens (tertiary/aromatic N) is 2. The number of carbonyl (C=O) groups is 2. The van der Waals surface area contributed by atoms with Crippen molar-refractivity contribution in [2.45, 2.75) is 72.1 Å². The molecule has 0 fully saturated rings. The monoisotopic (exact) mass is 910 g/mol. The number of amides is 2. The number of nitrogens with two attached hydrogens (primary N) is 1. The lowest BCUT2D eigenvalue weighted by molar-refractivity contribution is -0.117. The van der Waals surface area contributed by atoms with Gasteiger partial charge in [-0.3, -0.25) is 15.0 Å². The standard InChI is InChI=1S/C25H26N4O5S.C20H20N4O2S.ClH/c1-15(26-24(31)34-25(2,3)4)22(30)27-17-12-13-20-19(14-17)23(29-28-20)35(32,33)21-11-7-9-16-8-5-6-10-18(16)21;1-13(21)12-22-15-9-10-18-17(11-15)20(24-23-18)27(25,26)19-8-4-6-14-5-2-3-7-16(14)19;/h5-15H,1-4H3,(H,26,31)(H,27,30)(H,28,29);2-11,13,22H,12,21H2,1H3,(H,23,24);1H. The molecule has 328 valence electrons. The van der Waals surface area contributed by atoms with Crippen LogP contribution in [0.1, 0.15) is 34.6 Å². The van der Waals surface area contributed by atoms with Crippen molar-refractivity contribution in [3.8, 4) is 0 Å². The molecule has 8 rings (SSSR count). The average molecular weight is 912 g/mol. The van der Waals surface area contributed by atoms with E-state index in [1.54, 1.807) is 81.4 Å². The first-order valence-corrected chi connectivity index (χ1v) is 22.6. The van der Waals surface area contributed by atoms with Crippen molar-refractivity contribution < 1.29 is 31.2 Å². The van der Waals surface area contributed by atoms with Gasteiger partial charge in [0, 0.05) is 45.5 Å². The fourth-order valence-corrected chi connectivity index (χ4v) is 9.87. The summed E-state index contributed by atoms with van der Waals surface area (Å²) >= 11 is 0. The summed E-state index contributed by atoms with van der Waals surface area (Å²) in [4.78, 5) is 25.0. The molecule has 2 amide bonds. The Kier molecular flexibility index (Phi) is 13.5. The van der Waals surface area contributed by atoms with Crippen LogP contribution in [-0.4, -0.2) is 73.5 Å². The molecule has 2 aromatic heterocycles. The number of alkyl carbamates (subject to hydrolysis) is 1. The number of halogens is 1. The maximum Gasteiger partial charge on any atom is 0.408 e. The number of rotatable bonds is 10. The first kappa shape index (κ1) is 46.0. The van der Waals surface area contributed by atoms with Gasteiger partial charge in [0.1, 0.15) is 11.6 Å². The van der Waals surface area contributed by atoms with Crippen LogP contribution in [0.4, 0.5) is 16.2 Å². The van der Waals surface area contributed by atoms with Crippen LogP contribution in [-0.2, 0) is 29.2 Å². The molecular formula is C45H47ClN8O7S2. The Morgan fingerprint density at radius 2 is 1.13 bits per heavy atom. The normalized spacial score (nSPS) is 12.8. The largest absolute Gasteiger partial charge is 0.444 e. The van der Waals surface area contributed by atoms with Gasteiger partial charge < -0.3 is 26.4 Å². The fourth-order valence-electron chi connectivity index (χ4n) is 6.73. The Labute approximate surface area is 370 Å². The molecule has 0 bridgehead atoms. The van der Waals surface area contributed by atoms with Gasteiger partial charge in [0.2, 0.25) is 25.6 Å². The summed E-state index contributed by atoms with van der Waals surface area (Å²) in [5, 5.41) is 25.9. The third-order valence-electron chi connectivity index (χ3n) is 9.68. The highest BCUT2D eigenvalue weighted by molar-refractivity contribution is 7.92. The number of sulfone groups is 2. The van der Waals surface area contributed by atoms with Crippen LogP contribution >= 0.6 is 12.4 Å². The molecule has 0 aliphatic rings. The summed E-state index contributed by atoms with van der Waals surface area (Å²) in [6.45, 7) is 9.19. The zero-order valence-electron chi connectivity index (χ0n) is 35.0. The molecule has 0 aliphatic carbocycles. The van der Waals surface area contributed by atoms with E-state index in [1.165, 1.54) is 13.0 Å². The molecule has 15 nitrogen and oxygen atoms in total. The molecule has 0 aliphatic heterocycles. The van der Waals surface area contributed by atoms with Gasteiger partial charge in [0.15, 0.2) is 10.1 Å². The molecule has 8 aromatic rings. The van der Waals surface area contributed by atoms with Crippen LogP contribution in [0.3, 0.4) is 0 Å². The second-order valence-corrected chi connectivity index (χ2v) is 19.5. The van der Waals surface area contributed by atoms with Crippen molar-refractivity contribution in [2.24, 2.45) is 5.73 Å². The minimum atomic E-state index is -3.95. The van der Waals surface area contributed by atoms with E-state index in [1.807, 2.05) is 61.5 Å². The second kappa shape index (κ2) is 18.4. The summed E-state index contributed by atoms with van der Waals surface area (Å²) in [6, 6.07) is 34.3. The molecule has 7 N–H and O–H groups in total. The lowest BCUT2D eigenvalue weighted by atomic mass is 10.1. The van der Waals surface area contributed by atoms with Crippen molar-refractivity contribution in [3.05, 3.63) is 121 Å². The summed E-state index contributed by atoms with van der Waals surface area (Å²) in [6.07, 6.45) is -0.714. The number of hydrogen-bond acceptors (Lipinski definition) is 11. The number of anilines is 2. The summed E-state index contributed by atoms with van der Waals surface area (Å²) in [5.74, 6) is -0.489. The van der Waals surface area contributed by atoms with Crippen LogP contribution in [0.25, 0.3) is 43.4 Å². The SMILES string of the molecule is CC(N)CNc1ccc2n[nH]c(S(=O)(=O)c3cccc4ccccc34)c2c1.CC(NC(=O)OC(C)(C)C)C(=O)Nc1ccc2n[nH]c(S(=O)(=O)c3cccc4ccccc34)c2c1.Cl. The highest BCUT2D eigenvalue weighted by Crippen LogP contribution is 2.34. The van der Waals surface area contributed by atoms with Crippen molar-refractivity contribution in [1.82, 2.24) is 25.7 Å². The van der Waals surface area contributed by atoms with Gasteiger partial charge >= 0.3 is 6.09 Å². The zero-order valence-corrected chi connectivity index (χ0v) is 37.4. The quantitative estimate of drug-likeness (QED) is 0.0767. The maximum absolute atomic E-state index is 13.6. The average Bonchev–Trinajstić information content (AvgIpc) is 3.87. The van der Waals surface area contributed by atoms with Crippen LogP contribution < -0.4 is 21.7 Å².